The van der Waals surface area contributed by atoms with Gasteiger partial charge in [-0.15, -0.1) is 0 Å². The minimum atomic E-state index is -3.50. The smallest absolute Gasteiger partial charge is 0.251 e. The first-order valence-electron chi connectivity index (χ1n) is 8.93. The van der Waals surface area contributed by atoms with Gasteiger partial charge in [-0.05, 0) is 48.2 Å². The zero-order valence-corrected chi connectivity index (χ0v) is 16.0. The molecule has 0 atom stereocenters. The van der Waals surface area contributed by atoms with Crippen LogP contribution in [0.5, 0.6) is 0 Å². The summed E-state index contributed by atoms with van der Waals surface area (Å²) in [6, 6.07) is 16.2. The standard InChI is InChI=1S/C20H23N3O3S/c1-2-22-27(25,26)18-10-8-17(9-11-18)20(24)21-13-5-14-23-15-12-16-6-3-4-7-19(16)23/h3-4,6-12,15,22H,2,5,13-14H2,1H3,(H,21,24). The van der Waals surface area contributed by atoms with Crippen LogP contribution >= 0.6 is 0 Å². The van der Waals surface area contributed by atoms with Crippen molar-refractivity contribution in [2.45, 2.75) is 24.8 Å². The van der Waals surface area contributed by atoms with Crippen LogP contribution in [0.15, 0.2) is 65.7 Å². The molecule has 3 aromatic rings. The second-order valence-electron chi connectivity index (χ2n) is 6.20. The van der Waals surface area contributed by atoms with Crippen molar-refractivity contribution < 1.29 is 13.2 Å². The minimum absolute atomic E-state index is 0.153. The molecule has 0 unspecified atom stereocenters. The third-order valence-corrected chi connectivity index (χ3v) is 5.86. The Kier molecular flexibility index (Phi) is 5.93. The molecule has 2 N–H and O–H groups in total. The molecular formula is C20H23N3O3S. The number of amides is 1. The Morgan fingerprint density at radius 1 is 1.04 bits per heavy atom. The highest BCUT2D eigenvalue weighted by Gasteiger charge is 2.13. The van der Waals surface area contributed by atoms with Gasteiger partial charge in [-0.1, -0.05) is 25.1 Å². The maximum Gasteiger partial charge on any atom is 0.251 e. The van der Waals surface area contributed by atoms with Gasteiger partial charge in [0.1, 0.15) is 0 Å². The average molecular weight is 385 g/mol. The number of rotatable bonds is 8. The molecule has 0 aliphatic carbocycles. The lowest BCUT2D eigenvalue weighted by Crippen LogP contribution is -2.26. The molecule has 0 saturated heterocycles. The number of benzene rings is 2. The molecule has 27 heavy (non-hydrogen) atoms. The topological polar surface area (TPSA) is 80.2 Å². The van der Waals surface area contributed by atoms with Gasteiger partial charge in [0, 0.05) is 36.9 Å². The number of carbonyl (C=O) groups excluding carboxylic acids is 1. The van der Waals surface area contributed by atoms with Crippen LogP contribution < -0.4 is 10.0 Å². The summed E-state index contributed by atoms with van der Waals surface area (Å²) in [4.78, 5) is 12.4. The highest BCUT2D eigenvalue weighted by molar-refractivity contribution is 7.89. The van der Waals surface area contributed by atoms with Crippen molar-refractivity contribution in [2.24, 2.45) is 0 Å². The molecule has 0 aliphatic heterocycles. The van der Waals surface area contributed by atoms with Crippen LogP contribution in [0, 0.1) is 0 Å². The Balaban J connectivity index is 1.52. The van der Waals surface area contributed by atoms with Crippen molar-refractivity contribution in [3.05, 3.63) is 66.4 Å². The quantitative estimate of drug-likeness (QED) is 0.585. The fourth-order valence-electron chi connectivity index (χ4n) is 2.95. The largest absolute Gasteiger partial charge is 0.352 e. The molecule has 1 amide bonds. The summed E-state index contributed by atoms with van der Waals surface area (Å²) in [6.07, 6.45) is 2.85. The normalized spacial score (nSPS) is 11.6. The lowest BCUT2D eigenvalue weighted by molar-refractivity contribution is 0.0952. The van der Waals surface area contributed by atoms with Gasteiger partial charge in [-0.25, -0.2) is 13.1 Å². The van der Waals surface area contributed by atoms with Crippen molar-refractivity contribution in [3.8, 4) is 0 Å². The van der Waals surface area contributed by atoms with E-state index in [1.807, 2.05) is 12.1 Å². The zero-order valence-electron chi connectivity index (χ0n) is 15.2. The highest BCUT2D eigenvalue weighted by atomic mass is 32.2. The van der Waals surface area contributed by atoms with Crippen LogP contribution in [-0.4, -0.2) is 32.0 Å². The molecule has 6 nitrogen and oxygen atoms in total. The summed E-state index contributed by atoms with van der Waals surface area (Å²) in [5.74, 6) is -0.209. The molecule has 0 bridgehead atoms. The van der Waals surface area contributed by atoms with E-state index in [0.717, 1.165) is 13.0 Å². The van der Waals surface area contributed by atoms with E-state index < -0.39 is 10.0 Å². The lowest BCUT2D eigenvalue weighted by Gasteiger charge is -2.08. The molecule has 0 saturated carbocycles. The Morgan fingerprint density at radius 2 is 1.78 bits per heavy atom. The van der Waals surface area contributed by atoms with Gasteiger partial charge in [0.05, 0.1) is 4.90 Å². The Hall–Kier alpha value is -2.64. The number of sulfonamides is 1. The van der Waals surface area contributed by atoms with Crippen LogP contribution in [0.4, 0.5) is 0 Å². The SMILES string of the molecule is CCNS(=O)(=O)c1ccc(C(=O)NCCCn2ccc3ccccc32)cc1. The number of hydrogen-bond donors (Lipinski definition) is 2. The summed E-state index contributed by atoms with van der Waals surface area (Å²) in [5.41, 5.74) is 1.62. The van der Waals surface area contributed by atoms with E-state index in [0.29, 0.717) is 18.7 Å². The van der Waals surface area contributed by atoms with Crippen molar-refractivity contribution in [1.82, 2.24) is 14.6 Å². The number of carbonyl (C=O) groups is 1. The number of aromatic nitrogens is 1. The third-order valence-electron chi connectivity index (χ3n) is 4.30. The molecule has 0 spiro atoms. The van der Waals surface area contributed by atoms with E-state index in [2.05, 4.69) is 39.0 Å². The number of aryl methyl sites for hydroxylation is 1. The molecule has 0 radical (unpaired) electrons. The second-order valence-corrected chi connectivity index (χ2v) is 7.97. The Labute approximate surface area is 159 Å². The molecule has 1 heterocycles. The first-order chi connectivity index (χ1) is 13.0. The van der Waals surface area contributed by atoms with Crippen LogP contribution in [0.2, 0.25) is 0 Å². The van der Waals surface area contributed by atoms with Gasteiger partial charge in [0.2, 0.25) is 10.0 Å². The third kappa shape index (κ3) is 4.56. The van der Waals surface area contributed by atoms with E-state index >= 15 is 0 Å². The minimum Gasteiger partial charge on any atom is -0.352 e. The number of nitrogens with zero attached hydrogens (tertiary/aromatic N) is 1. The van der Waals surface area contributed by atoms with Crippen molar-refractivity contribution >= 4 is 26.8 Å². The monoisotopic (exact) mass is 385 g/mol. The number of fused-ring (bicyclic) bond motifs is 1. The van der Waals surface area contributed by atoms with Crippen molar-refractivity contribution in [1.29, 1.82) is 0 Å². The van der Waals surface area contributed by atoms with Crippen LogP contribution in [-0.2, 0) is 16.6 Å². The summed E-state index contributed by atoms with van der Waals surface area (Å²) >= 11 is 0. The maximum absolute atomic E-state index is 12.2. The molecule has 3 rings (SSSR count). The van der Waals surface area contributed by atoms with Gasteiger partial charge in [0.15, 0.2) is 0 Å². The predicted octanol–water partition coefficient (Wildman–Crippen LogP) is 2.76. The molecular weight excluding hydrogens is 362 g/mol. The summed E-state index contributed by atoms with van der Waals surface area (Å²) in [5, 5.41) is 4.08. The summed E-state index contributed by atoms with van der Waals surface area (Å²) in [6.45, 7) is 3.40. The zero-order chi connectivity index (χ0) is 19.3. The number of nitrogens with one attached hydrogen (secondary N) is 2. The van der Waals surface area contributed by atoms with Gasteiger partial charge >= 0.3 is 0 Å². The molecule has 7 heteroatoms. The fraction of sp³-hybridized carbons (Fsp3) is 0.250. The first-order valence-corrected chi connectivity index (χ1v) is 10.4. The van der Waals surface area contributed by atoms with Crippen LogP contribution in [0.1, 0.15) is 23.7 Å². The molecule has 142 valence electrons. The van der Waals surface area contributed by atoms with Crippen LogP contribution in [0.3, 0.4) is 0 Å². The van der Waals surface area contributed by atoms with E-state index in [-0.39, 0.29) is 10.8 Å². The van der Waals surface area contributed by atoms with Gasteiger partial charge in [0.25, 0.3) is 5.91 Å². The molecule has 1 aromatic heterocycles. The van der Waals surface area contributed by atoms with E-state index in [1.54, 1.807) is 6.92 Å². The van der Waals surface area contributed by atoms with E-state index in [1.165, 1.54) is 35.2 Å². The fourth-order valence-corrected chi connectivity index (χ4v) is 3.99. The first kappa shape index (κ1) is 19.1. The number of hydrogen-bond acceptors (Lipinski definition) is 3. The summed E-state index contributed by atoms with van der Waals surface area (Å²) in [7, 11) is -3.50. The summed E-state index contributed by atoms with van der Waals surface area (Å²) < 4.78 is 28.4. The predicted molar refractivity (Wildman–Crippen MR) is 106 cm³/mol. The molecule has 0 fully saturated rings. The van der Waals surface area contributed by atoms with Gasteiger partial charge in [-0.2, -0.15) is 0 Å². The lowest BCUT2D eigenvalue weighted by atomic mass is 10.2. The highest BCUT2D eigenvalue weighted by Crippen LogP contribution is 2.15. The molecule has 2 aromatic carbocycles. The van der Waals surface area contributed by atoms with Gasteiger partial charge < -0.3 is 9.88 Å². The number of para-hydroxylation sites is 1. The van der Waals surface area contributed by atoms with E-state index in [9.17, 15) is 13.2 Å². The second kappa shape index (κ2) is 8.37. The van der Waals surface area contributed by atoms with Gasteiger partial charge in [-0.3, -0.25) is 4.79 Å². The Morgan fingerprint density at radius 3 is 2.52 bits per heavy atom. The van der Waals surface area contributed by atoms with E-state index in [4.69, 9.17) is 0 Å². The van der Waals surface area contributed by atoms with Crippen molar-refractivity contribution in [2.75, 3.05) is 13.1 Å². The molecule has 0 aliphatic rings. The van der Waals surface area contributed by atoms with Crippen LogP contribution in [0.25, 0.3) is 10.9 Å². The van der Waals surface area contributed by atoms with Crippen molar-refractivity contribution in [3.63, 3.8) is 0 Å². The average Bonchev–Trinajstić information content (AvgIpc) is 3.08. The maximum atomic E-state index is 12.2. The Bertz CT molecular complexity index is 1020.